The standard InChI is InChI=1S/C26H26N4O5S/c1-17(31)29-24-8-3-18(14-27)11-21(24)15-30-10-9-25(26(30)32)28-16-36(33,34)23-7-5-19-4-6-22(35-2)12-20(19)13-23/h3-8,11-13,25,28H,9-10,15-16H2,1-2H3,(H,29,31). The van der Waals surface area contributed by atoms with Crippen molar-refractivity contribution in [2.24, 2.45) is 0 Å². The molecule has 9 nitrogen and oxygen atoms in total. The highest BCUT2D eigenvalue weighted by atomic mass is 32.2. The Morgan fingerprint density at radius 2 is 1.92 bits per heavy atom. The number of hydrogen-bond donors (Lipinski definition) is 2. The molecule has 36 heavy (non-hydrogen) atoms. The summed E-state index contributed by atoms with van der Waals surface area (Å²) in [5.74, 6) is -0.239. The van der Waals surface area contributed by atoms with Crippen molar-refractivity contribution in [3.63, 3.8) is 0 Å². The topological polar surface area (TPSA) is 129 Å². The molecule has 4 rings (SSSR count). The number of nitriles is 1. The van der Waals surface area contributed by atoms with Crippen molar-refractivity contribution in [1.29, 1.82) is 5.26 Å². The van der Waals surface area contributed by atoms with Gasteiger partial charge in [0, 0.05) is 25.7 Å². The number of carbonyl (C=O) groups is 2. The van der Waals surface area contributed by atoms with Crippen LogP contribution >= 0.6 is 0 Å². The highest BCUT2D eigenvalue weighted by molar-refractivity contribution is 7.91. The second-order valence-corrected chi connectivity index (χ2v) is 10.6. The second kappa shape index (κ2) is 10.4. The van der Waals surface area contributed by atoms with Gasteiger partial charge in [-0.1, -0.05) is 12.1 Å². The molecule has 186 valence electrons. The molecule has 0 aliphatic carbocycles. The van der Waals surface area contributed by atoms with Gasteiger partial charge in [0.15, 0.2) is 9.84 Å². The Balaban J connectivity index is 1.44. The zero-order valence-electron chi connectivity index (χ0n) is 19.9. The van der Waals surface area contributed by atoms with E-state index in [1.54, 1.807) is 54.5 Å². The highest BCUT2D eigenvalue weighted by Crippen LogP contribution is 2.25. The van der Waals surface area contributed by atoms with Crippen LogP contribution in [-0.4, -0.2) is 50.7 Å². The summed E-state index contributed by atoms with van der Waals surface area (Å²) in [5, 5.41) is 16.5. The van der Waals surface area contributed by atoms with E-state index in [-0.39, 0.29) is 29.1 Å². The number of carbonyl (C=O) groups excluding carboxylic acids is 2. The van der Waals surface area contributed by atoms with E-state index in [4.69, 9.17) is 4.74 Å². The van der Waals surface area contributed by atoms with Crippen molar-refractivity contribution < 1.29 is 22.7 Å². The summed E-state index contributed by atoms with van der Waals surface area (Å²) in [6, 6.07) is 16.6. The smallest absolute Gasteiger partial charge is 0.240 e. The third-order valence-corrected chi connectivity index (χ3v) is 7.62. The Kier molecular flexibility index (Phi) is 7.24. The van der Waals surface area contributed by atoms with Gasteiger partial charge < -0.3 is 15.0 Å². The minimum Gasteiger partial charge on any atom is -0.497 e. The number of rotatable bonds is 8. The number of ether oxygens (including phenoxy) is 1. The molecule has 3 aromatic rings. The molecule has 1 atom stereocenters. The van der Waals surface area contributed by atoms with Crippen LogP contribution in [0.4, 0.5) is 5.69 Å². The van der Waals surface area contributed by atoms with Gasteiger partial charge in [-0.2, -0.15) is 5.26 Å². The van der Waals surface area contributed by atoms with Crippen LogP contribution in [0.3, 0.4) is 0 Å². The first-order valence-corrected chi connectivity index (χ1v) is 13.0. The van der Waals surface area contributed by atoms with Gasteiger partial charge in [-0.3, -0.25) is 14.9 Å². The number of nitrogens with one attached hydrogen (secondary N) is 2. The van der Waals surface area contributed by atoms with E-state index in [1.165, 1.54) is 6.92 Å². The van der Waals surface area contributed by atoms with Crippen LogP contribution in [0.5, 0.6) is 5.75 Å². The van der Waals surface area contributed by atoms with Gasteiger partial charge in [-0.25, -0.2) is 8.42 Å². The fraction of sp³-hybridized carbons (Fsp3) is 0.269. The van der Waals surface area contributed by atoms with Crippen molar-refractivity contribution in [2.45, 2.75) is 30.8 Å². The molecule has 1 unspecified atom stereocenters. The van der Waals surface area contributed by atoms with Crippen LogP contribution < -0.4 is 15.4 Å². The number of amides is 2. The van der Waals surface area contributed by atoms with E-state index in [0.29, 0.717) is 35.5 Å². The quantitative estimate of drug-likeness (QED) is 0.481. The lowest BCUT2D eigenvalue weighted by atomic mass is 10.1. The van der Waals surface area contributed by atoms with E-state index < -0.39 is 15.9 Å². The number of methoxy groups -OCH3 is 1. The highest BCUT2D eigenvalue weighted by Gasteiger charge is 2.33. The minimum atomic E-state index is -3.69. The summed E-state index contributed by atoms with van der Waals surface area (Å²) in [6.45, 7) is 2.00. The summed E-state index contributed by atoms with van der Waals surface area (Å²) in [5.41, 5.74) is 1.58. The summed E-state index contributed by atoms with van der Waals surface area (Å²) >= 11 is 0. The van der Waals surface area contributed by atoms with Gasteiger partial charge in [0.25, 0.3) is 0 Å². The lowest BCUT2D eigenvalue weighted by Crippen LogP contribution is -2.40. The van der Waals surface area contributed by atoms with Crippen LogP contribution in [0.15, 0.2) is 59.5 Å². The molecule has 1 heterocycles. The zero-order chi connectivity index (χ0) is 25.9. The number of fused-ring (bicyclic) bond motifs is 1. The molecule has 2 amide bonds. The number of hydrogen-bond acceptors (Lipinski definition) is 7. The van der Waals surface area contributed by atoms with Crippen molar-refractivity contribution in [3.8, 4) is 11.8 Å². The Bertz CT molecular complexity index is 1480. The predicted molar refractivity (Wildman–Crippen MR) is 135 cm³/mol. The number of likely N-dealkylation sites (tertiary alicyclic amines) is 1. The fourth-order valence-corrected chi connectivity index (χ4v) is 5.38. The van der Waals surface area contributed by atoms with E-state index in [2.05, 4.69) is 16.7 Å². The maximum Gasteiger partial charge on any atom is 0.240 e. The SMILES string of the molecule is COc1ccc2ccc(S(=O)(=O)CNC3CCN(Cc4cc(C#N)ccc4NC(C)=O)C3=O)cc2c1. The molecule has 0 aromatic heterocycles. The van der Waals surface area contributed by atoms with Crippen molar-refractivity contribution in [2.75, 3.05) is 24.8 Å². The van der Waals surface area contributed by atoms with Crippen LogP contribution in [0.1, 0.15) is 24.5 Å². The maximum absolute atomic E-state index is 13.0. The molecule has 0 bridgehead atoms. The predicted octanol–water partition coefficient (Wildman–Crippen LogP) is 2.80. The van der Waals surface area contributed by atoms with Crippen molar-refractivity contribution in [3.05, 3.63) is 65.7 Å². The average Bonchev–Trinajstić information content (AvgIpc) is 3.21. The van der Waals surface area contributed by atoms with Crippen molar-refractivity contribution >= 4 is 38.1 Å². The Hall–Kier alpha value is -3.94. The largest absolute Gasteiger partial charge is 0.497 e. The van der Waals surface area contributed by atoms with Gasteiger partial charge in [0.05, 0.1) is 29.7 Å². The van der Waals surface area contributed by atoms with Gasteiger partial charge in [-0.15, -0.1) is 0 Å². The van der Waals surface area contributed by atoms with Gasteiger partial charge in [-0.05, 0) is 65.2 Å². The fourth-order valence-electron chi connectivity index (χ4n) is 4.21. The summed E-state index contributed by atoms with van der Waals surface area (Å²) < 4.78 is 31.2. The van der Waals surface area contributed by atoms with E-state index >= 15 is 0 Å². The molecule has 3 aromatic carbocycles. The Morgan fingerprint density at radius 1 is 1.14 bits per heavy atom. The molecule has 1 fully saturated rings. The number of benzene rings is 3. The Labute approximate surface area is 209 Å². The van der Waals surface area contributed by atoms with Gasteiger partial charge >= 0.3 is 0 Å². The normalized spacial score (nSPS) is 15.6. The maximum atomic E-state index is 13.0. The lowest BCUT2D eigenvalue weighted by Gasteiger charge is -2.19. The van der Waals surface area contributed by atoms with Gasteiger partial charge in [0.1, 0.15) is 11.6 Å². The Morgan fingerprint density at radius 3 is 2.64 bits per heavy atom. The molecule has 0 radical (unpaired) electrons. The molecule has 1 saturated heterocycles. The first-order valence-electron chi connectivity index (χ1n) is 11.3. The summed E-state index contributed by atoms with van der Waals surface area (Å²) in [7, 11) is -2.14. The third-order valence-electron chi connectivity index (χ3n) is 6.10. The third kappa shape index (κ3) is 5.48. The van der Waals surface area contributed by atoms with E-state index in [9.17, 15) is 23.3 Å². The first kappa shape index (κ1) is 25.2. The average molecular weight is 507 g/mol. The lowest BCUT2D eigenvalue weighted by molar-refractivity contribution is -0.129. The minimum absolute atomic E-state index is 0.159. The first-order chi connectivity index (χ1) is 17.2. The second-order valence-electron chi connectivity index (χ2n) is 8.60. The molecule has 2 N–H and O–H groups in total. The molecule has 10 heteroatoms. The molecular formula is C26H26N4O5S. The zero-order valence-corrected chi connectivity index (χ0v) is 20.8. The van der Waals surface area contributed by atoms with Crippen molar-refractivity contribution in [1.82, 2.24) is 10.2 Å². The van der Waals surface area contributed by atoms with E-state index in [0.717, 1.165) is 10.8 Å². The summed E-state index contributed by atoms with van der Waals surface area (Å²) in [4.78, 5) is 26.3. The monoisotopic (exact) mass is 506 g/mol. The molecule has 0 spiro atoms. The van der Waals surface area contributed by atoms with Crippen LogP contribution in [0, 0.1) is 11.3 Å². The molecule has 1 aliphatic heterocycles. The molecular weight excluding hydrogens is 480 g/mol. The van der Waals surface area contributed by atoms with Gasteiger partial charge in [0.2, 0.25) is 11.8 Å². The van der Waals surface area contributed by atoms with E-state index in [1.807, 2.05) is 12.1 Å². The van der Waals surface area contributed by atoms with Crippen LogP contribution in [-0.2, 0) is 26.0 Å². The van der Waals surface area contributed by atoms with Crippen LogP contribution in [0.2, 0.25) is 0 Å². The number of nitrogens with zero attached hydrogens (tertiary/aromatic N) is 2. The van der Waals surface area contributed by atoms with Crippen LogP contribution in [0.25, 0.3) is 10.8 Å². The molecule has 1 aliphatic rings. The molecule has 0 saturated carbocycles. The number of anilines is 1. The summed E-state index contributed by atoms with van der Waals surface area (Å²) in [6.07, 6.45) is 0.441. The number of sulfone groups is 1.